The average molecular weight is 283 g/mol. The number of para-hydroxylation sites is 1. The Labute approximate surface area is 113 Å². The lowest BCUT2D eigenvalue weighted by Gasteiger charge is -2.09. The first-order chi connectivity index (χ1) is 9.09. The van der Waals surface area contributed by atoms with E-state index in [4.69, 9.17) is 9.84 Å². The van der Waals surface area contributed by atoms with Gasteiger partial charge in [-0.05, 0) is 25.0 Å². The summed E-state index contributed by atoms with van der Waals surface area (Å²) in [6.45, 7) is 0.725. The molecule has 1 aromatic carbocycles. The van der Waals surface area contributed by atoms with E-state index < -0.39 is 10.9 Å². The summed E-state index contributed by atoms with van der Waals surface area (Å²) in [5.74, 6) is -0.685. The van der Waals surface area contributed by atoms with E-state index >= 15 is 0 Å². The van der Waals surface area contributed by atoms with Crippen molar-refractivity contribution in [3.8, 4) is 0 Å². The maximum absolute atomic E-state index is 11.0. The van der Waals surface area contributed by atoms with Gasteiger partial charge in [0.05, 0.1) is 15.9 Å². The zero-order valence-corrected chi connectivity index (χ0v) is 10.9. The minimum Gasteiger partial charge on any atom is -0.477 e. The number of nitro benzene ring substituents is 1. The highest BCUT2D eigenvalue weighted by atomic mass is 32.2. The lowest BCUT2D eigenvalue weighted by Crippen LogP contribution is -2.09. The number of thioether (sulfide) groups is 1. The van der Waals surface area contributed by atoms with Crippen molar-refractivity contribution in [2.45, 2.75) is 23.8 Å². The summed E-state index contributed by atoms with van der Waals surface area (Å²) in [5, 5.41) is 20.0. The van der Waals surface area contributed by atoms with Gasteiger partial charge in [0.1, 0.15) is 5.56 Å². The standard InChI is InChI=1S/C12H13NO5S/c14-12(15)9-4-1-5-10(11(9)13(16)17)19-7-8-3-2-6-18-8/h1,4-5,8H,2-3,6-7H2,(H,14,15). The Bertz CT molecular complexity index is 499. The molecule has 1 unspecified atom stereocenters. The van der Waals surface area contributed by atoms with Gasteiger partial charge in [0, 0.05) is 12.4 Å². The number of ether oxygens (including phenoxy) is 1. The minimum atomic E-state index is -1.29. The van der Waals surface area contributed by atoms with E-state index in [2.05, 4.69) is 0 Å². The summed E-state index contributed by atoms with van der Waals surface area (Å²) in [6, 6.07) is 4.34. The number of hydrogen-bond donors (Lipinski definition) is 1. The predicted octanol–water partition coefficient (Wildman–Crippen LogP) is 2.56. The molecule has 7 heteroatoms. The molecule has 1 saturated heterocycles. The van der Waals surface area contributed by atoms with Gasteiger partial charge in [-0.1, -0.05) is 6.07 Å². The third-order valence-electron chi connectivity index (χ3n) is 2.86. The van der Waals surface area contributed by atoms with Gasteiger partial charge in [-0.2, -0.15) is 0 Å². The van der Waals surface area contributed by atoms with Crippen molar-refractivity contribution in [1.29, 1.82) is 0 Å². The summed E-state index contributed by atoms with van der Waals surface area (Å²) in [7, 11) is 0. The maximum atomic E-state index is 11.0. The number of aromatic carboxylic acids is 1. The van der Waals surface area contributed by atoms with Crippen molar-refractivity contribution in [3.63, 3.8) is 0 Å². The molecule has 2 rings (SSSR count). The van der Waals surface area contributed by atoms with E-state index in [0.29, 0.717) is 10.6 Å². The van der Waals surface area contributed by atoms with Gasteiger partial charge in [0.2, 0.25) is 0 Å². The van der Waals surface area contributed by atoms with Crippen LogP contribution in [0.2, 0.25) is 0 Å². The summed E-state index contributed by atoms with van der Waals surface area (Å²) < 4.78 is 5.45. The monoisotopic (exact) mass is 283 g/mol. The molecule has 0 bridgehead atoms. The first-order valence-electron chi connectivity index (χ1n) is 5.84. The lowest BCUT2D eigenvalue weighted by atomic mass is 10.2. The van der Waals surface area contributed by atoms with E-state index in [9.17, 15) is 14.9 Å². The highest BCUT2D eigenvalue weighted by molar-refractivity contribution is 7.99. The predicted molar refractivity (Wildman–Crippen MR) is 69.8 cm³/mol. The van der Waals surface area contributed by atoms with Gasteiger partial charge in [-0.3, -0.25) is 10.1 Å². The number of benzene rings is 1. The summed E-state index contributed by atoms with van der Waals surface area (Å²) >= 11 is 1.27. The zero-order chi connectivity index (χ0) is 13.8. The largest absolute Gasteiger partial charge is 0.477 e. The maximum Gasteiger partial charge on any atom is 0.342 e. The molecule has 1 aliphatic rings. The molecule has 1 fully saturated rings. The first kappa shape index (κ1) is 13.8. The zero-order valence-electron chi connectivity index (χ0n) is 10.1. The van der Waals surface area contributed by atoms with Crippen LogP contribution >= 0.6 is 11.8 Å². The van der Waals surface area contributed by atoms with Crippen LogP contribution in [0.15, 0.2) is 23.1 Å². The fraction of sp³-hybridized carbons (Fsp3) is 0.417. The van der Waals surface area contributed by atoms with Crippen LogP contribution in [0.1, 0.15) is 23.2 Å². The molecule has 0 spiro atoms. The second-order valence-electron chi connectivity index (χ2n) is 4.16. The molecule has 1 atom stereocenters. The molecule has 1 aromatic rings. The van der Waals surface area contributed by atoms with Gasteiger partial charge in [0.25, 0.3) is 5.69 Å². The Kier molecular flexibility index (Phi) is 4.39. The second-order valence-corrected chi connectivity index (χ2v) is 5.22. The minimum absolute atomic E-state index is 0.0955. The molecule has 6 nitrogen and oxygen atoms in total. The molecule has 102 valence electrons. The molecule has 1 N–H and O–H groups in total. The Balaban J connectivity index is 2.20. The fourth-order valence-corrected chi connectivity index (χ4v) is 3.08. The van der Waals surface area contributed by atoms with Crippen molar-refractivity contribution < 1.29 is 19.6 Å². The third-order valence-corrected chi connectivity index (χ3v) is 4.04. The van der Waals surface area contributed by atoms with E-state index in [-0.39, 0.29) is 17.4 Å². The van der Waals surface area contributed by atoms with Crippen LogP contribution in [0.3, 0.4) is 0 Å². The molecule has 1 aliphatic heterocycles. The van der Waals surface area contributed by atoms with Gasteiger partial charge in [-0.15, -0.1) is 11.8 Å². The quantitative estimate of drug-likeness (QED) is 0.507. The van der Waals surface area contributed by atoms with Crippen molar-refractivity contribution in [2.75, 3.05) is 12.4 Å². The molecule has 0 saturated carbocycles. The van der Waals surface area contributed by atoms with Crippen LogP contribution < -0.4 is 0 Å². The topological polar surface area (TPSA) is 89.7 Å². The second kappa shape index (κ2) is 6.03. The van der Waals surface area contributed by atoms with Gasteiger partial charge < -0.3 is 9.84 Å². The van der Waals surface area contributed by atoms with E-state index in [0.717, 1.165) is 19.4 Å². The van der Waals surface area contributed by atoms with Crippen LogP contribution in [0, 0.1) is 10.1 Å². The summed E-state index contributed by atoms with van der Waals surface area (Å²) in [5.41, 5.74) is -0.611. The molecular formula is C12H13NO5S. The van der Waals surface area contributed by atoms with Crippen LogP contribution in [0.25, 0.3) is 0 Å². The van der Waals surface area contributed by atoms with Gasteiger partial charge in [0.15, 0.2) is 0 Å². The van der Waals surface area contributed by atoms with Gasteiger partial charge >= 0.3 is 5.97 Å². The Hall–Kier alpha value is -1.60. The molecule has 1 heterocycles. The Morgan fingerprint density at radius 3 is 2.95 bits per heavy atom. The van der Waals surface area contributed by atoms with Crippen molar-refractivity contribution in [3.05, 3.63) is 33.9 Å². The van der Waals surface area contributed by atoms with Crippen molar-refractivity contribution >= 4 is 23.4 Å². The average Bonchev–Trinajstić information content (AvgIpc) is 2.88. The van der Waals surface area contributed by atoms with E-state index in [1.807, 2.05) is 0 Å². The Morgan fingerprint density at radius 1 is 1.58 bits per heavy atom. The van der Waals surface area contributed by atoms with Crippen molar-refractivity contribution in [1.82, 2.24) is 0 Å². The smallest absolute Gasteiger partial charge is 0.342 e. The molecule has 0 aliphatic carbocycles. The molecule has 0 amide bonds. The summed E-state index contributed by atoms with van der Waals surface area (Å²) in [6.07, 6.45) is 2.04. The number of nitrogens with zero attached hydrogens (tertiary/aromatic N) is 1. The first-order valence-corrected chi connectivity index (χ1v) is 6.83. The number of hydrogen-bond acceptors (Lipinski definition) is 5. The van der Waals surface area contributed by atoms with Crippen LogP contribution in [-0.4, -0.2) is 34.5 Å². The number of carboxylic acid groups (broad SMARTS) is 1. The SMILES string of the molecule is O=C(O)c1cccc(SCC2CCCO2)c1[N+](=O)[O-]. The van der Waals surface area contributed by atoms with E-state index in [1.54, 1.807) is 6.07 Å². The number of nitro groups is 1. The molecular weight excluding hydrogens is 270 g/mol. The lowest BCUT2D eigenvalue weighted by molar-refractivity contribution is -0.388. The Morgan fingerprint density at radius 2 is 2.37 bits per heavy atom. The molecule has 0 radical (unpaired) electrons. The van der Waals surface area contributed by atoms with Crippen LogP contribution in [-0.2, 0) is 4.74 Å². The highest BCUT2D eigenvalue weighted by Gasteiger charge is 2.25. The van der Waals surface area contributed by atoms with Gasteiger partial charge in [-0.25, -0.2) is 4.79 Å². The van der Waals surface area contributed by atoms with Crippen molar-refractivity contribution in [2.24, 2.45) is 0 Å². The van der Waals surface area contributed by atoms with Crippen LogP contribution in [0.4, 0.5) is 5.69 Å². The molecule has 19 heavy (non-hydrogen) atoms. The highest BCUT2D eigenvalue weighted by Crippen LogP contribution is 2.34. The third kappa shape index (κ3) is 3.24. The number of rotatable bonds is 5. The number of carboxylic acids is 1. The number of carbonyl (C=O) groups is 1. The fourth-order valence-electron chi connectivity index (χ4n) is 1.96. The van der Waals surface area contributed by atoms with Crippen LogP contribution in [0.5, 0.6) is 0 Å². The normalized spacial score (nSPS) is 18.4. The summed E-state index contributed by atoms with van der Waals surface area (Å²) in [4.78, 5) is 21.8. The van der Waals surface area contributed by atoms with E-state index in [1.165, 1.54) is 23.9 Å². The molecule has 0 aromatic heterocycles.